The molecule has 0 bridgehead atoms. The van der Waals surface area contributed by atoms with Gasteiger partial charge in [-0.2, -0.15) is 5.10 Å². The lowest BCUT2D eigenvalue weighted by Crippen LogP contribution is -2.30. The molecule has 1 N–H and O–H groups in total. The molecule has 0 fully saturated rings. The third-order valence-corrected chi connectivity index (χ3v) is 4.69. The van der Waals surface area contributed by atoms with Gasteiger partial charge in [0.25, 0.3) is 5.91 Å². The molecule has 0 spiro atoms. The lowest BCUT2D eigenvalue weighted by atomic mass is 10.2. The SMILES string of the molecule is Cc1nn(-c2ccccc2)c(C)c1/C=C/C(=O)OC(C)C(=O)Nc1ccc(F)c(F)c1F. The number of esters is 1. The molecule has 0 saturated carbocycles. The average molecular weight is 443 g/mol. The third-order valence-electron chi connectivity index (χ3n) is 4.69. The first-order chi connectivity index (χ1) is 15.2. The normalized spacial score (nSPS) is 12.1. The van der Waals surface area contributed by atoms with Gasteiger partial charge in [0.2, 0.25) is 0 Å². The zero-order valence-electron chi connectivity index (χ0n) is 17.5. The van der Waals surface area contributed by atoms with E-state index < -0.39 is 41.1 Å². The van der Waals surface area contributed by atoms with Crippen molar-refractivity contribution in [3.05, 3.63) is 82.9 Å². The molecular formula is C23H20F3N3O3. The number of carbonyl (C=O) groups excluding carboxylic acids is 2. The topological polar surface area (TPSA) is 73.2 Å². The number of nitrogens with one attached hydrogen (secondary N) is 1. The second kappa shape index (κ2) is 9.51. The molecule has 3 rings (SSSR count). The minimum absolute atomic E-state index is 0.563. The van der Waals surface area contributed by atoms with Crippen molar-refractivity contribution in [2.45, 2.75) is 26.9 Å². The van der Waals surface area contributed by atoms with Gasteiger partial charge in [-0.05, 0) is 51.1 Å². The molecule has 0 radical (unpaired) electrons. The maximum atomic E-state index is 13.7. The van der Waals surface area contributed by atoms with Crippen LogP contribution in [-0.2, 0) is 14.3 Å². The molecule has 1 atom stereocenters. The minimum atomic E-state index is -1.71. The van der Waals surface area contributed by atoms with Gasteiger partial charge in [0, 0.05) is 17.3 Å². The summed E-state index contributed by atoms with van der Waals surface area (Å²) in [4.78, 5) is 24.3. The number of carbonyl (C=O) groups is 2. The second-order valence-corrected chi connectivity index (χ2v) is 6.96. The van der Waals surface area contributed by atoms with Crippen LogP contribution in [-0.4, -0.2) is 27.8 Å². The Morgan fingerprint density at radius 1 is 1.06 bits per heavy atom. The van der Waals surface area contributed by atoms with E-state index >= 15 is 0 Å². The zero-order valence-corrected chi connectivity index (χ0v) is 17.5. The predicted molar refractivity (Wildman–Crippen MR) is 113 cm³/mol. The molecular weight excluding hydrogens is 423 g/mol. The number of halogens is 3. The number of anilines is 1. The molecule has 6 nitrogen and oxygen atoms in total. The number of rotatable bonds is 6. The van der Waals surface area contributed by atoms with E-state index in [9.17, 15) is 22.8 Å². The van der Waals surface area contributed by atoms with Gasteiger partial charge in [-0.3, -0.25) is 4.79 Å². The molecule has 1 amide bonds. The van der Waals surface area contributed by atoms with Crippen LogP contribution >= 0.6 is 0 Å². The number of benzene rings is 2. The molecule has 3 aromatic rings. The summed E-state index contributed by atoms with van der Waals surface area (Å²) in [6, 6.07) is 11.0. The van der Waals surface area contributed by atoms with E-state index in [0.29, 0.717) is 17.3 Å². The van der Waals surface area contributed by atoms with E-state index in [2.05, 4.69) is 10.4 Å². The summed E-state index contributed by atoms with van der Waals surface area (Å²) in [5, 5.41) is 6.53. The van der Waals surface area contributed by atoms with E-state index in [4.69, 9.17) is 4.74 Å². The van der Waals surface area contributed by atoms with E-state index in [0.717, 1.165) is 23.5 Å². The first-order valence-corrected chi connectivity index (χ1v) is 9.63. The fourth-order valence-corrected chi connectivity index (χ4v) is 2.99. The highest BCUT2D eigenvalue weighted by molar-refractivity contribution is 5.96. The standard InChI is InChI=1S/C23H20F3N3O3/c1-13-17(14(2)29(28-13)16-7-5-4-6-8-16)9-12-20(30)32-15(3)23(31)27-19-11-10-18(24)21(25)22(19)26/h4-12,15H,1-3H3,(H,27,31)/b12-9+. The summed E-state index contributed by atoms with van der Waals surface area (Å²) in [6.45, 7) is 4.91. The highest BCUT2D eigenvalue weighted by atomic mass is 19.2. The first-order valence-electron chi connectivity index (χ1n) is 9.63. The Kier molecular flexibility index (Phi) is 6.77. The highest BCUT2D eigenvalue weighted by Crippen LogP contribution is 2.21. The molecule has 0 aliphatic carbocycles. The molecule has 166 valence electrons. The second-order valence-electron chi connectivity index (χ2n) is 6.96. The van der Waals surface area contributed by atoms with Crippen LogP contribution in [0.15, 0.2) is 48.5 Å². The lowest BCUT2D eigenvalue weighted by molar-refractivity contribution is -0.148. The van der Waals surface area contributed by atoms with Crippen LogP contribution in [0.25, 0.3) is 11.8 Å². The van der Waals surface area contributed by atoms with Crippen molar-refractivity contribution in [3.8, 4) is 5.69 Å². The Morgan fingerprint density at radius 3 is 2.44 bits per heavy atom. The van der Waals surface area contributed by atoms with Gasteiger partial charge in [-0.1, -0.05) is 18.2 Å². The lowest BCUT2D eigenvalue weighted by Gasteiger charge is -2.13. The predicted octanol–water partition coefficient (Wildman–Crippen LogP) is 4.49. The summed E-state index contributed by atoms with van der Waals surface area (Å²) < 4.78 is 46.7. The quantitative estimate of drug-likeness (QED) is 0.346. The number of amides is 1. The van der Waals surface area contributed by atoms with Crippen molar-refractivity contribution in [3.63, 3.8) is 0 Å². The Balaban J connectivity index is 1.66. The van der Waals surface area contributed by atoms with Gasteiger partial charge >= 0.3 is 5.97 Å². The molecule has 0 aliphatic rings. The largest absolute Gasteiger partial charge is 0.449 e. The number of hydrogen-bond acceptors (Lipinski definition) is 4. The molecule has 1 aromatic heterocycles. The van der Waals surface area contributed by atoms with Crippen molar-refractivity contribution >= 4 is 23.6 Å². The molecule has 9 heteroatoms. The summed E-state index contributed by atoms with van der Waals surface area (Å²) in [7, 11) is 0. The van der Waals surface area contributed by atoms with Crippen molar-refractivity contribution < 1.29 is 27.5 Å². The molecule has 1 unspecified atom stereocenters. The number of aromatic nitrogens is 2. The van der Waals surface area contributed by atoms with Crippen molar-refractivity contribution in [1.82, 2.24) is 9.78 Å². The summed E-state index contributed by atoms with van der Waals surface area (Å²) in [5.74, 6) is -6.35. The number of para-hydroxylation sites is 1. The molecule has 2 aromatic carbocycles. The van der Waals surface area contributed by atoms with Crippen LogP contribution < -0.4 is 5.32 Å². The van der Waals surface area contributed by atoms with Gasteiger partial charge in [0.05, 0.1) is 17.1 Å². The molecule has 0 saturated heterocycles. The van der Waals surface area contributed by atoms with E-state index in [1.807, 2.05) is 37.3 Å². The third kappa shape index (κ3) is 4.88. The Labute approximate surface area is 182 Å². The Hall–Kier alpha value is -3.88. The van der Waals surface area contributed by atoms with Crippen LogP contribution in [0.5, 0.6) is 0 Å². The van der Waals surface area contributed by atoms with Gasteiger partial charge in [0.15, 0.2) is 23.6 Å². The van der Waals surface area contributed by atoms with Gasteiger partial charge in [-0.25, -0.2) is 22.6 Å². The fraction of sp³-hybridized carbons (Fsp3) is 0.174. The Morgan fingerprint density at radius 2 is 1.75 bits per heavy atom. The summed E-state index contributed by atoms with van der Waals surface area (Å²) >= 11 is 0. The minimum Gasteiger partial charge on any atom is -0.449 e. The van der Waals surface area contributed by atoms with Crippen LogP contribution in [0.1, 0.15) is 23.9 Å². The zero-order chi connectivity index (χ0) is 23.4. The summed E-state index contributed by atoms with van der Waals surface area (Å²) in [5.41, 5.74) is 2.51. The van der Waals surface area contributed by atoms with Crippen molar-refractivity contribution in [2.24, 2.45) is 0 Å². The number of hydrogen-bond donors (Lipinski definition) is 1. The van der Waals surface area contributed by atoms with Crippen LogP contribution in [0, 0.1) is 31.3 Å². The van der Waals surface area contributed by atoms with E-state index in [-0.39, 0.29) is 0 Å². The van der Waals surface area contributed by atoms with Crippen LogP contribution in [0.3, 0.4) is 0 Å². The monoisotopic (exact) mass is 443 g/mol. The molecule has 0 aliphatic heterocycles. The Bertz CT molecular complexity index is 1190. The maximum Gasteiger partial charge on any atom is 0.331 e. The number of nitrogens with zero attached hydrogens (tertiary/aromatic N) is 2. The maximum absolute atomic E-state index is 13.7. The van der Waals surface area contributed by atoms with Crippen molar-refractivity contribution in [2.75, 3.05) is 5.32 Å². The van der Waals surface area contributed by atoms with Crippen molar-refractivity contribution in [1.29, 1.82) is 0 Å². The van der Waals surface area contributed by atoms with Gasteiger partial charge in [-0.15, -0.1) is 0 Å². The van der Waals surface area contributed by atoms with E-state index in [1.165, 1.54) is 13.0 Å². The molecule has 1 heterocycles. The number of ether oxygens (including phenoxy) is 1. The number of aryl methyl sites for hydroxylation is 1. The van der Waals surface area contributed by atoms with E-state index in [1.54, 1.807) is 11.6 Å². The van der Waals surface area contributed by atoms with Crippen LogP contribution in [0.4, 0.5) is 18.9 Å². The average Bonchev–Trinajstić information content (AvgIpc) is 3.06. The highest BCUT2D eigenvalue weighted by Gasteiger charge is 2.21. The smallest absolute Gasteiger partial charge is 0.331 e. The summed E-state index contributed by atoms with van der Waals surface area (Å²) in [6.07, 6.45) is 1.36. The van der Waals surface area contributed by atoms with Crippen LogP contribution in [0.2, 0.25) is 0 Å². The molecule has 32 heavy (non-hydrogen) atoms. The van der Waals surface area contributed by atoms with Gasteiger partial charge in [0.1, 0.15) is 0 Å². The van der Waals surface area contributed by atoms with Gasteiger partial charge < -0.3 is 10.1 Å². The first kappa shape index (κ1) is 22.8. The fourth-order valence-electron chi connectivity index (χ4n) is 2.99.